The number of nitrogens with zero attached hydrogens (tertiary/aromatic N) is 3. The lowest BCUT2D eigenvalue weighted by atomic mass is 10.4. The molecule has 8 heteroatoms. The average molecular weight is 318 g/mol. The molecule has 0 aromatic carbocycles. The van der Waals surface area contributed by atoms with E-state index in [2.05, 4.69) is 9.88 Å². The fourth-order valence-electron chi connectivity index (χ4n) is 2.23. The van der Waals surface area contributed by atoms with Crippen LogP contribution in [0.4, 0.5) is 5.13 Å². The minimum atomic E-state index is -0.0917. The minimum Gasteiger partial charge on any atom is -0.378 e. The maximum absolute atomic E-state index is 11.6. The van der Waals surface area contributed by atoms with Gasteiger partial charge < -0.3 is 9.64 Å². The van der Waals surface area contributed by atoms with Crippen molar-refractivity contribution in [1.82, 2.24) is 9.88 Å². The van der Waals surface area contributed by atoms with Crippen LogP contribution in [0.25, 0.3) is 0 Å². The molecule has 2 aliphatic heterocycles. The summed E-state index contributed by atoms with van der Waals surface area (Å²) < 4.78 is 5.30. The Balaban J connectivity index is 0.00000147. The summed E-state index contributed by atoms with van der Waals surface area (Å²) >= 11 is 1.55. The first-order valence-electron chi connectivity index (χ1n) is 6.34. The molecule has 6 nitrogen and oxygen atoms in total. The number of amides is 2. The van der Waals surface area contributed by atoms with Gasteiger partial charge in [0.1, 0.15) is 0 Å². The van der Waals surface area contributed by atoms with Gasteiger partial charge in [0.2, 0.25) is 11.8 Å². The molecule has 2 saturated heterocycles. The van der Waals surface area contributed by atoms with E-state index in [1.54, 1.807) is 11.3 Å². The molecule has 0 aliphatic carbocycles. The molecule has 1 aromatic heterocycles. The van der Waals surface area contributed by atoms with Crippen molar-refractivity contribution in [2.24, 2.45) is 0 Å². The summed E-state index contributed by atoms with van der Waals surface area (Å²) in [4.78, 5) is 31.1. The number of imide groups is 1. The second-order valence-corrected chi connectivity index (χ2v) is 5.43. The van der Waals surface area contributed by atoms with E-state index >= 15 is 0 Å². The maximum atomic E-state index is 11.6. The molecule has 0 radical (unpaired) electrons. The zero-order valence-corrected chi connectivity index (χ0v) is 12.5. The van der Waals surface area contributed by atoms with Gasteiger partial charge in [-0.2, -0.15) is 0 Å². The van der Waals surface area contributed by atoms with Gasteiger partial charge in [-0.25, -0.2) is 4.98 Å². The Morgan fingerprint density at radius 2 is 1.85 bits per heavy atom. The van der Waals surface area contributed by atoms with E-state index in [0.29, 0.717) is 19.4 Å². The molecule has 3 rings (SSSR count). The van der Waals surface area contributed by atoms with Crippen molar-refractivity contribution in [1.29, 1.82) is 0 Å². The van der Waals surface area contributed by atoms with E-state index in [1.807, 2.05) is 5.38 Å². The first kappa shape index (κ1) is 15.2. The van der Waals surface area contributed by atoms with Gasteiger partial charge in [-0.05, 0) is 0 Å². The van der Waals surface area contributed by atoms with Crippen molar-refractivity contribution in [2.45, 2.75) is 19.4 Å². The average Bonchev–Trinajstić information content (AvgIpc) is 3.02. The van der Waals surface area contributed by atoms with Crippen LogP contribution in [0.1, 0.15) is 18.5 Å². The standard InChI is InChI=1S/C12H15N3O3S.ClH/c16-10-1-2-11(17)15(10)7-9-8-19-12(13-9)14-3-5-18-6-4-14;/h8H,1-7H2;1H. The lowest BCUT2D eigenvalue weighted by Crippen LogP contribution is -2.36. The third kappa shape index (κ3) is 3.11. The predicted octanol–water partition coefficient (Wildman–Crippen LogP) is 1.05. The molecule has 0 spiro atoms. The van der Waals surface area contributed by atoms with Gasteiger partial charge in [0, 0.05) is 31.3 Å². The number of morpholine rings is 1. The monoisotopic (exact) mass is 317 g/mol. The normalized spacial score (nSPS) is 19.4. The SMILES string of the molecule is Cl.O=C1CCC(=O)N1Cc1csc(N2CCOCC2)n1. The van der Waals surface area contributed by atoms with Crippen LogP contribution in [0.2, 0.25) is 0 Å². The fourth-order valence-corrected chi connectivity index (χ4v) is 3.10. The van der Waals surface area contributed by atoms with Crippen LogP contribution in [-0.2, 0) is 20.9 Å². The van der Waals surface area contributed by atoms with Crippen LogP contribution in [-0.4, -0.2) is 48.0 Å². The molecule has 0 bridgehead atoms. The van der Waals surface area contributed by atoms with Crippen LogP contribution >= 0.6 is 23.7 Å². The second kappa shape index (κ2) is 6.51. The molecular weight excluding hydrogens is 302 g/mol. The molecular formula is C12H16ClN3O3S. The first-order valence-corrected chi connectivity index (χ1v) is 7.22. The Kier molecular flexibility index (Phi) is 4.95. The summed E-state index contributed by atoms with van der Waals surface area (Å²) in [5.41, 5.74) is 0.787. The second-order valence-electron chi connectivity index (χ2n) is 4.59. The zero-order chi connectivity index (χ0) is 13.2. The molecule has 110 valence electrons. The van der Waals surface area contributed by atoms with E-state index in [4.69, 9.17) is 4.74 Å². The van der Waals surface area contributed by atoms with Crippen LogP contribution in [0, 0.1) is 0 Å². The molecule has 1 aromatic rings. The number of rotatable bonds is 3. The molecule has 0 atom stereocenters. The quantitative estimate of drug-likeness (QED) is 0.780. The Labute approximate surface area is 127 Å². The van der Waals surface area contributed by atoms with Gasteiger partial charge in [-0.3, -0.25) is 14.5 Å². The fraction of sp³-hybridized carbons (Fsp3) is 0.583. The lowest BCUT2D eigenvalue weighted by molar-refractivity contribution is -0.139. The summed E-state index contributed by atoms with van der Waals surface area (Å²) in [6, 6.07) is 0. The van der Waals surface area contributed by atoms with Crippen molar-refractivity contribution in [3.8, 4) is 0 Å². The van der Waals surface area contributed by atoms with Gasteiger partial charge in [-0.1, -0.05) is 0 Å². The van der Waals surface area contributed by atoms with E-state index < -0.39 is 0 Å². The van der Waals surface area contributed by atoms with Crippen molar-refractivity contribution in [3.05, 3.63) is 11.1 Å². The summed E-state index contributed by atoms with van der Waals surface area (Å²) in [5.74, 6) is -0.183. The number of anilines is 1. The summed E-state index contributed by atoms with van der Waals surface area (Å²) in [7, 11) is 0. The maximum Gasteiger partial charge on any atom is 0.230 e. The van der Waals surface area contributed by atoms with Crippen molar-refractivity contribution >= 4 is 40.7 Å². The van der Waals surface area contributed by atoms with Crippen molar-refractivity contribution in [3.63, 3.8) is 0 Å². The van der Waals surface area contributed by atoms with Crippen molar-refractivity contribution in [2.75, 3.05) is 31.2 Å². The number of thiazole rings is 1. The molecule has 0 saturated carbocycles. The summed E-state index contributed by atoms with van der Waals surface area (Å²) in [6.07, 6.45) is 0.665. The predicted molar refractivity (Wildman–Crippen MR) is 77.2 cm³/mol. The van der Waals surface area contributed by atoms with E-state index in [0.717, 1.165) is 37.1 Å². The molecule has 3 heterocycles. The van der Waals surface area contributed by atoms with Gasteiger partial charge in [-0.15, -0.1) is 23.7 Å². The van der Waals surface area contributed by atoms with Crippen LogP contribution in [0.15, 0.2) is 5.38 Å². The summed E-state index contributed by atoms with van der Waals surface area (Å²) in [6.45, 7) is 3.43. The van der Waals surface area contributed by atoms with E-state index in [1.165, 1.54) is 4.90 Å². The van der Waals surface area contributed by atoms with E-state index in [-0.39, 0.29) is 24.2 Å². The number of ether oxygens (including phenoxy) is 1. The number of hydrogen-bond donors (Lipinski definition) is 0. The zero-order valence-electron chi connectivity index (χ0n) is 10.9. The number of carbonyl (C=O) groups excluding carboxylic acids is 2. The largest absolute Gasteiger partial charge is 0.378 e. The molecule has 2 fully saturated rings. The Bertz CT molecular complexity index is 486. The van der Waals surface area contributed by atoms with Crippen LogP contribution < -0.4 is 4.90 Å². The van der Waals surface area contributed by atoms with Gasteiger partial charge in [0.25, 0.3) is 0 Å². The van der Waals surface area contributed by atoms with Gasteiger partial charge >= 0.3 is 0 Å². The Hall–Kier alpha value is -1.18. The Morgan fingerprint density at radius 3 is 2.50 bits per heavy atom. The highest BCUT2D eigenvalue weighted by Gasteiger charge is 2.29. The number of hydrogen-bond acceptors (Lipinski definition) is 6. The smallest absolute Gasteiger partial charge is 0.230 e. The first-order chi connectivity index (χ1) is 9.24. The highest BCUT2D eigenvalue weighted by Crippen LogP contribution is 2.23. The highest BCUT2D eigenvalue weighted by molar-refractivity contribution is 7.13. The number of halogens is 1. The third-order valence-corrected chi connectivity index (χ3v) is 4.25. The van der Waals surface area contributed by atoms with E-state index in [9.17, 15) is 9.59 Å². The van der Waals surface area contributed by atoms with Gasteiger partial charge in [0.15, 0.2) is 5.13 Å². The Morgan fingerprint density at radius 1 is 1.20 bits per heavy atom. The number of carbonyl (C=O) groups is 2. The topological polar surface area (TPSA) is 62.7 Å². The van der Waals surface area contributed by atoms with Crippen LogP contribution in [0.5, 0.6) is 0 Å². The highest BCUT2D eigenvalue weighted by atomic mass is 35.5. The number of aromatic nitrogens is 1. The minimum absolute atomic E-state index is 0. The van der Waals surface area contributed by atoms with Crippen molar-refractivity contribution < 1.29 is 14.3 Å². The van der Waals surface area contributed by atoms with Crippen LogP contribution in [0.3, 0.4) is 0 Å². The van der Waals surface area contributed by atoms with Gasteiger partial charge in [0.05, 0.1) is 25.5 Å². The summed E-state index contributed by atoms with van der Waals surface area (Å²) in [5, 5.41) is 2.86. The molecule has 20 heavy (non-hydrogen) atoms. The molecule has 0 N–H and O–H groups in total. The third-order valence-electron chi connectivity index (χ3n) is 3.30. The molecule has 2 amide bonds. The lowest BCUT2D eigenvalue weighted by Gasteiger charge is -2.26. The molecule has 0 unspecified atom stereocenters. The number of likely N-dealkylation sites (tertiary alicyclic amines) is 1. The molecule has 2 aliphatic rings.